The van der Waals surface area contributed by atoms with Gasteiger partial charge in [0.15, 0.2) is 5.65 Å². The monoisotopic (exact) mass is 354 g/mol. The molecule has 7 heteroatoms. The zero-order valence-corrected chi connectivity index (χ0v) is 15.1. The van der Waals surface area contributed by atoms with E-state index in [2.05, 4.69) is 20.6 Å². The largest absolute Gasteiger partial charge is 0.354 e. The number of fused-ring (bicyclic) bond motifs is 2. The van der Waals surface area contributed by atoms with Crippen LogP contribution in [0.2, 0.25) is 0 Å². The molecule has 138 valence electrons. The molecule has 0 bridgehead atoms. The van der Waals surface area contributed by atoms with Crippen molar-refractivity contribution in [3.63, 3.8) is 0 Å². The smallest absolute Gasteiger partial charge is 0.226 e. The van der Waals surface area contributed by atoms with E-state index in [9.17, 15) is 4.79 Å². The minimum absolute atomic E-state index is 0.0916. The van der Waals surface area contributed by atoms with Gasteiger partial charge in [0.05, 0.1) is 17.8 Å². The topological polar surface area (TPSA) is 74.6 Å². The van der Waals surface area contributed by atoms with Gasteiger partial charge >= 0.3 is 0 Å². The highest BCUT2D eigenvalue weighted by molar-refractivity contribution is 5.82. The van der Waals surface area contributed by atoms with E-state index < -0.39 is 0 Å². The number of aromatic nitrogens is 3. The maximum atomic E-state index is 12.5. The Bertz CT molecular complexity index is 819. The molecule has 2 aromatic heterocycles. The highest BCUT2D eigenvalue weighted by atomic mass is 16.2. The summed E-state index contributed by atoms with van der Waals surface area (Å²) in [7, 11) is 0. The molecule has 2 aliphatic heterocycles. The molecule has 0 radical (unpaired) electrons. The first-order valence-corrected chi connectivity index (χ1v) is 9.91. The second-order valence-electron chi connectivity index (χ2n) is 7.80. The van der Waals surface area contributed by atoms with Gasteiger partial charge in [0.2, 0.25) is 5.91 Å². The SMILES string of the molecule is O=C(NC1CCCC1)C1CN(c2c3c(nc4ccnn24)CCNCC3)C1. The molecule has 26 heavy (non-hydrogen) atoms. The third-order valence-electron chi connectivity index (χ3n) is 6.03. The van der Waals surface area contributed by atoms with Crippen LogP contribution in [0.3, 0.4) is 0 Å². The summed E-state index contributed by atoms with van der Waals surface area (Å²) in [6, 6.07) is 2.37. The number of carbonyl (C=O) groups is 1. The van der Waals surface area contributed by atoms with Crippen molar-refractivity contribution in [2.24, 2.45) is 5.92 Å². The zero-order valence-electron chi connectivity index (χ0n) is 15.1. The number of hydrogen-bond donors (Lipinski definition) is 2. The Labute approximate surface area is 153 Å². The molecule has 1 saturated carbocycles. The Morgan fingerprint density at radius 1 is 1.19 bits per heavy atom. The van der Waals surface area contributed by atoms with Crippen LogP contribution >= 0.6 is 0 Å². The number of carbonyl (C=O) groups excluding carboxylic acids is 1. The predicted molar refractivity (Wildman–Crippen MR) is 99.4 cm³/mol. The Kier molecular flexibility index (Phi) is 4.04. The lowest BCUT2D eigenvalue weighted by Gasteiger charge is -2.41. The highest BCUT2D eigenvalue weighted by Crippen LogP contribution is 2.31. The summed E-state index contributed by atoms with van der Waals surface area (Å²) in [6.07, 6.45) is 8.49. The first kappa shape index (κ1) is 16.1. The van der Waals surface area contributed by atoms with Gasteiger partial charge in [-0.25, -0.2) is 4.98 Å². The van der Waals surface area contributed by atoms with E-state index >= 15 is 0 Å². The number of nitrogens with zero attached hydrogens (tertiary/aromatic N) is 4. The van der Waals surface area contributed by atoms with Crippen LogP contribution in [0, 0.1) is 5.92 Å². The van der Waals surface area contributed by atoms with Crippen molar-refractivity contribution in [3.8, 4) is 0 Å². The Morgan fingerprint density at radius 2 is 2.00 bits per heavy atom. The van der Waals surface area contributed by atoms with Gasteiger partial charge in [-0.15, -0.1) is 0 Å². The second-order valence-corrected chi connectivity index (χ2v) is 7.80. The van der Waals surface area contributed by atoms with E-state index in [0.29, 0.717) is 6.04 Å². The molecule has 0 spiro atoms. The van der Waals surface area contributed by atoms with Crippen molar-refractivity contribution in [2.75, 3.05) is 31.1 Å². The van der Waals surface area contributed by atoms with Gasteiger partial charge in [0.25, 0.3) is 0 Å². The zero-order chi connectivity index (χ0) is 17.5. The van der Waals surface area contributed by atoms with E-state index in [0.717, 1.165) is 63.3 Å². The van der Waals surface area contributed by atoms with Crippen LogP contribution in [0.25, 0.3) is 5.65 Å². The Balaban J connectivity index is 1.37. The lowest BCUT2D eigenvalue weighted by molar-refractivity contribution is -0.126. The van der Waals surface area contributed by atoms with Gasteiger partial charge < -0.3 is 15.5 Å². The summed E-state index contributed by atoms with van der Waals surface area (Å²) in [4.78, 5) is 19.7. The molecular formula is C19H26N6O. The summed E-state index contributed by atoms with van der Waals surface area (Å²) in [6.45, 7) is 3.48. The van der Waals surface area contributed by atoms with Crippen molar-refractivity contribution in [1.82, 2.24) is 25.2 Å². The summed E-state index contributed by atoms with van der Waals surface area (Å²) in [5.41, 5.74) is 3.37. The summed E-state index contributed by atoms with van der Waals surface area (Å²) in [5, 5.41) is 11.2. The van der Waals surface area contributed by atoms with Crippen molar-refractivity contribution >= 4 is 17.4 Å². The van der Waals surface area contributed by atoms with Crippen LogP contribution in [-0.2, 0) is 17.6 Å². The van der Waals surface area contributed by atoms with Gasteiger partial charge in [-0.2, -0.15) is 9.61 Å². The maximum absolute atomic E-state index is 12.5. The lowest BCUT2D eigenvalue weighted by Crippen LogP contribution is -2.55. The van der Waals surface area contributed by atoms with E-state index in [1.165, 1.54) is 24.1 Å². The standard InChI is InChI=1S/C19H26N6O/c26-18(22-14-3-1-2-4-14)13-11-24(12-13)19-15-5-8-20-9-6-16(15)23-17-7-10-21-25(17)19/h7,10,13-14,20H,1-6,8-9,11-12H2,(H,22,26). The molecule has 1 aliphatic carbocycles. The molecule has 1 amide bonds. The minimum atomic E-state index is 0.0916. The van der Waals surface area contributed by atoms with Gasteiger partial charge in [-0.3, -0.25) is 4.79 Å². The number of hydrogen-bond acceptors (Lipinski definition) is 5. The summed E-state index contributed by atoms with van der Waals surface area (Å²) >= 11 is 0. The fraction of sp³-hybridized carbons (Fsp3) is 0.632. The summed E-state index contributed by atoms with van der Waals surface area (Å²) < 4.78 is 1.95. The fourth-order valence-corrected chi connectivity index (χ4v) is 4.55. The molecular weight excluding hydrogens is 328 g/mol. The van der Waals surface area contributed by atoms with Crippen LogP contribution in [0.15, 0.2) is 12.3 Å². The first-order chi connectivity index (χ1) is 12.8. The van der Waals surface area contributed by atoms with Crippen LogP contribution in [-0.4, -0.2) is 52.7 Å². The van der Waals surface area contributed by atoms with Gasteiger partial charge in [-0.05, 0) is 25.8 Å². The van der Waals surface area contributed by atoms with Crippen LogP contribution in [0.5, 0.6) is 0 Å². The third kappa shape index (κ3) is 2.74. The molecule has 0 atom stereocenters. The van der Waals surface area contributed by atoms with E-state index in [1.54, 1.807) is 0 Å². The average molecular weight is 354 g/mol. The second kappa shape index (κ2) is 6.54. The highest BCUT2D eigenvalue weighted by Gasteiger charge is 2.37. The lowest BCUT2D eigenvalue weighted by atomic mass is 9.97. The number of rotatable bonds is 3. The summed E-state index contributed by atoms with van der Waals surface area (Å²) in [5.74, 6) is 1.46. The van der Waals surface area contributed by atoms with Crippen LogP contribution in [0.1, 0.15) is 36.9 Å². The quantitative estimate of drug-likeness (QED) is 0.857. The van der Waals surface area contributed by atoms with Crippen LogP contribution < -0.4 is 15.5 Å². The van der Waals surface area contributed by atoms with E-state index in [-0.39, 0.29) is 11.8 Å². The number of amides is 1. The molecule has 7 nitrogen and oxygen atoms in total. The first-order valence-electron chi connectivity index (χ1n) is 9.91. The average Bonchev–Trinajstić information content (AvgIpc) is 3.20. The minimum Gasteiger partial charge on any atom is -0.354 e. The molecule has 0 aromatic carbocycles. The van der Waals surface area contributed by atoms with Crippen molar-refractivity contribution in [2.45, 2.75) is 44.6 Å². The molecule has 1 saturated heterocycles. The molecule has 2 fully saturated rings. The molecule has 5 rings (SSSR count). The number of anilines is 1. The molecule has 2 N–H and O–H groups in total. The number of nitrogens with one attached hydrogen (secondary N) is 2. The van der Waals surface area contributed by atoms with Gasteiger partial charge in [-0.1, -0.05) is 12.8 Å². The van der Waals surface area contributed by atoms with E-state index in [1.807, 2.05) is 16.8 Å². The van der Waals surface area contributed by atoms with Crippen LogP contribution in [0.4, 0.5) is 5.82 Å². The Hall–Kier alpha value is -2.15. The molecule has 0 unspecified atom stereocenters. The molecule has 4 heterocycles. The Morgan fingerprint density at radius 3 is 2.85 bits per heavy atom. The van der Waals surface area contributed by atoms with Crippen molar-refractivity contribution in [3.05, 3.63) is 23.5 Å². The molecule has 2 aromatic rings. The maximum Gasteiger partial charge on any atom is 0.226 e. The van der Waals surface area contributed by atoms with Gasteiger partial charge in [0.1, 0.15) is 5.82 Å². The van der Waals surface area contributed by atoms with Crippen molar-refractivity contribution in [1.29, 1.82) is 0 Å². The third-order valence-corrected chi connectivity index (χ3v) is 6.03. The normalized spacial score (nSPS) is 21.5. The van der Waals surface area contributed by atoms with Crippen molar-refractivity contribution < 1.29 is 4.79 Å². The van der Waals surface area contributed by atoms with E-state index in [4.69, 9.17) is 4.98 Å². The predicted octanol–water partition coefficient (Wildman–Crippen LogP) is 0.912. The fourth-order valence-electron chi connectivity index (χ4n) is 4.55. The van der Waals surface area contributed by atoms with Gasteiger partial charge in [0, 0.05) is 43.7 Å². The molecule has 3 aliphatic rings.